The summed E-state index contributed by atoms with van der Waals surface area (Å²) in [6.45, 7) is 2.33. The van der Waals surface area contributed by atoms with Crippen LogP contribution in [-0.4, -0.2) is 51.8 Å². The van der Waals surface area contributed by atoms with E-state index < -0.39 is 12.0 Å². The molecule has 0 radical (unpaired) electrons. The number of nitrogens with zero attached hydrogens (tertiary/aromatic N) is 3. The summed E-state index contributed by atoms with van der Waals surface area (Å²) in [6, 6.07) is 9.04. The molecule has 3 rings (SSSR count). The Morgan fingerprint density at radius 2 is 1.95 bits per heavy atom. The highest BCUT2D eigenvalue weighted by Gasteiger charge is 2.31. The predicted octanol–water partition coefficient (Wildman–Crippen LogP) is 1.54. The van der Waals surface area contributed by atoms with Crippen molar-refractivity contribution in [3.8, 4) is 11.4 Å². The fraction of sp³-hybridized carbons (Fsp3) is 0.375. The number of ether oxygens (including phenoxy) is 1. The molecular formula is C16H19N3O3. The average Bonchev–Trinajstić information content (AvgIpc) is 2.90. The highest BCUT2D eigenvalue weighted by Crippen LogP contribution is 2.25. The number of hydrogen-bond donors (Lipinski definition) is 1. The smallest absolute Gasteiger partial charge is 0.327 e. The molecule has 6 heteroatoms. The molecule has 1 aromatic carbocycles. The third-order valence-corrected chi connectivity index (χ3v) is 3.85. The second-order valence-electron chi connectivity index (χ2n) is 5.36. The van der Waals surface area contributed by atoms with Gasteiger partial charge in [0.05, 0.1) is 18.9 Å². The van der Waals surface area contributed by atoms with Crippen molar-refractivity contribution in [3.63, 3.8) is 0 Å². The number of hydrogen-bond acceptors (Lipinski definition) is 4. The van der Waals surface area contributed by atoms with Crippen molar-refractivity contribution in [1.29, 1.82) is 0 Å². The van der Waals surface area contributed by atoms with E-state index in [9.17, 15) is 9.90 Å². The van der Waals surface area contributed by atoms with E-state index in [1.54, 1.807) is 6.20 Å². The lowest BCUT2D eigenvalue weighted by Crippen LogP contribution is -2.42. The van der Waals surface area contributed by atoms with Crippen molar-refractivity contribution in [3.05, 3.63) is 42.2 Å². The topological polar surface area (TPSA) is 67.6 Å². The number of aliphatic carboxylic acids is 1. The van der Waals surface area contributed by atoms with E-state index in [2.05, 4.69) is 4.98 Å². The molecule has 1 fully saturated rings. The first-order chi connectivity index (χ1) is 10.7. The van der Waals surface area contributed by atoms with Crippen molar-refractivity contribution in [2.24, 2.45) is 7.05 Å². The van der Waals surface area contributed by atoms with Crippen molar-refractivity contribution in [2.45, 2.75) is 6.04 Å². The number of aryl methyl sites for hydroxylation is 1. The minimum absolute atomic E-state index is 0.558. The number of imidazole rings is 1. The van der Waals surface area contributed by atoms with Gasteiger partial charge in [0.15, 0.2) is 6.04 Å². The van der Waals surface area contributed by atoms with Crippen LogP contribution in [0.5, 0.6) is 0 Å². The molecule has 1 N–H and O–H groups in total. The number of aromatic nitrogens is 2. The van der Waals surface area contributed by atoms with Crippen LogP contribution in [0.4, 0.5) is 0 Å². The summed E-state index contributed by atoms with van der Waals surface area (Å²) in [5.74, 6) is -0.102. The summed E-state index contributed by atoms with van der Waals surface area (Å²) >= 11 is 0. The number of morpholine rings is 1. The molecule has 116 valence electrons. The fourth-order valence-corrected chi connectivity index (χ4v) is 2.78. The van der Waals surface area contributed by atoms with Gasteiger partial charge in [-0.05, 0) is 0 Å². The van der Waals surface area contributed by atoms with Crippen molar-refractivity contribution < 1.29 is 14.6 Å². The molecule has 6 nitrogen and oxygen atoms in total. The van der Waals surface area contributed by atoms with Gasteiger partial charge >= 0.3 is 5.97 Å². The molecule has 1 atom stereocenters. The van der Waals surface area contributed by atoms with Gasteiger partial charge in [0.2, 0.25) is 0 Å². The minimum atomic E-state index is -0.875. The van der Waals surface area contributed by atoms with Gasteiger partial charge in [0, 0.05) is 31.9 Å². The van der Waals surface area contributed by atoms with E-state index in [0.717, 1.165) is 11.4 Å². The maximum Gasteiger partial charge on any atom is 0.327 e. The van der Waals surface area contributed by atoms with Gasteiger partial charge in [-0.1, -0.05) is 30.3 Å². The fourth-order valence-electron chi connectivity index (χ4n) is 2.78. The van der Waals surface area contributed by atoms with E-state index in [-0.39, 0.29) is 0 Å². The van der Waals surface area contributed by atoms with Gasteiger partial charge in [0.25, 0.3) is 0 Å². The van der Waals surface area contributed by atoms with Crippen LogP contribution in [0.25, 0.3) is 11.4 Å². The SMILES string of the molecule is Cn1cc(C(C(=O)O)N2CCOCC2)nc1-c1ccccc1. The van der Waals surface area contributed by atoms with Crippen molar-refractivity contribution >= 4 is 5.97 Å². The lowest BCUT2D eigenvalue weighted by Gasteiger charge is -2.30. The third kappa shape index (κ3) is 2.88. The molecule has 1 saturated heterocycles. The second-order valence-corrected chi connectivity index (χ2v) is 5.36. The van der Waals surface area contributed by atoms with Crippen LogP contribution < -0.4 is 0 Å². The Bertz CT molecular complexity index is 648. The van der Waals surface area contributed by atoms with Crippen LogP contribution in [0.1, 0.15) is 11.7 Å². The summed E-state index contributed by atoms with van der Waals surface area (Å²) in [4.78, 5) is 18.2. The molecule has 1 aromatic heterocycles. The zero-order chi connectivity index (χ0) is 15.5. The quantitative estimate of drug-likeness (QED) is 0.928. The van der Waals surface area contributed by atoms with E-state index >= 15 is 0 Å². The Morgan fingerprint density at radius 1 is 1.27 bits per heavy atom. The summed E-state index contributed by atoms with van der Waals surface area (Å²) in [5, 5.41) is 9.62. The second kappa shape index (κ2) is 6.29. The molecule has 0 saturated carbocycles. The molecule has 2 heterocycles. The Kier molecular flexibility index (Phi) is 4.22. The Balaban J connectivity index is 1.94. The molecule has 0 spiro atoms. The van der Waals surface area contributed by atoms with E-state index in [4.69, 9.17) is 4.74 Å². The average molecular weight is 301 g/mol. The summed E-state index contributed by atoms with van der Waals surface area (Å²) in [7, 11) is 1.89. The molecule has 22 heavy (non-hydrogen) atoms. The number of carboxylic acid groups (broad SMARTS) is 1. The van der Waals surface area contributed by atoms with Crippen LogP contribution in [0.3, 0.4) is 0 Å². The molecule has 0 bridgehead atoms. The minimum Gasteiger partial charge on any atom is -0.480 e. The maximum absolute atomic E-state index is 11.7. The van der Waals surface area contributed by atoms with Gasteiger partial charge in [-0.25, -0.2) is 4.98 Å². The van der Waals surface area contributed by atoms with Crippen molar-refractivity contribution in [1.82, 2.24) is 14.5 Å². The third-order valence-electron chi connectivity index (χ3n) is 3.85. The van der Waals surface area contributed by atoms with Gasteiger partial charge in [-0.3, -0.25) is 9.69 Å². The van der Waals surface area contributed by atoms with Crippen molar-refractivity contribution in [2.75, 3.05) is 26.3 Å². The molecule has 0 amide bonds. The van der Waals surface area contributed by atoms with E-state index in [0.29, 0.717) is 32.0 Å². The molecule has 1 unspecified atom stereocenters. The first kappa shape index (κ1) is 14.7. The number of benzene rings is 1. The first-order valence-corrected chi connectivity index (χ1v) is 7.30. The van der Waals surface area contributed by atoms with Crippen LogP contribution in [0.15, 0.2) is 36.5 Å². The Labute approximate surface area is 129 Å². The molecule has 1 aliphatic heterocycles. The van der Waals surface area contributed by atoms with Gasteiger partial charge in [-0.15, -0.1) is 0 Å². The molecule has 2 aromatic rings. The highest BCUT2D eigenvalue weighted by atomic mass is 16.5. The normalized spacial score (nSPS) is 17.3. The van der Waals surface area contributed by atoms with Crippen LogP contribution >= 0.6 is 0 Å². The highest BCUT2D eigenvalue weighted by molar-refractivity contribution is 5.75. The molecular weight excluding hydrogens is 282 g/mol. The zero-order valence-electron chi connectivity index (χ0n) is 12.5. The monoisotopic (exact) mass is 301 g/mol. The van der Waals surface area contributed by atoms with Crippen LogP contribution in [0.2, 0.25) is 0 Å². The number of carboxylic acids is 1. The van der Waals surface area contributed by atoms with Gasteiger partial charge in [0.1, 0.15) is 5.82 Å². The van der Waals surface area contributed by atoms with Gasteiger partial charge < -0.3 is 14.4 Å². The lowest BCUT2D eigenvalue weighted by atomic mass is 10.1. The summed E-state index contributed by atoms with van der Waals surface area (Å²) in [5.41, 5.74) is 1.54. The van der Waals surface area contributed by atoms with E-state index in [1.165, 1.54) is 0 Å². The molecule has 0 aliphatic carbocycles. The Hall–Kier alpha value is -2.18. The van der Waals surface area contributed by atoms with E-state index in [1.807, 2.05) is 46.8 Å². The van der Waals surface area contributed by atoms with Crippen LogP contribution in [-0.2, 0) is 16.6 Å². The predicted molar refractivity (Wildman–Crippen MR) is 81.4 cm³/mol. The summed E-state index contributed by atoms with van der Waals surface area (Å²) < 4.78 is 7.18. The first-order valence-electron chi connectivity index (χ1n) is 7.30. The molecule has 1 aliphatic rings. The lowest BCUT2D eigenvalue weighted by molar-refractivity contribution is -0.145. The standard InChI is InChI=1S/C16H19N3O3/c1-18-11-13(17-15(18)12-5-3-2-4-6-12)14(16(20)21)19-7-9-22-10-8-19/h2-6,11,14H,7-10H2,1H3,(H,20,21). The zero-order valence-corrected chi connectivity index (χ0v) is 12.5. The van der Waals surface area contributed by atoms with Gasteiger partial charge in [-0.2, -0.15) is 0 Å². The maximum atomic E-state index is 11.7. The number of rotatable bonds is 4. The largest absolute Gasteiger partial charge is 0.480 e. The summed E-state index contributed by atoms with van der Waals surface area (Å²) in [6.07, 6.45) is 1.80. The Morgan fingerprint density at radius 3 is 2.59 bits per heavy atom. The number of carbonyl (C=O) groups is 1. The van der Waals surface area contributed by atoms with Crippen LogP contribution in [0, 0.1) is 0 Å².